The first kappa shape index (κ1) is 12.8. The van der Waals surface area contributed by atoms with Gasteiger partial charge in [-0.1, -0.05) is 20.3 Å². The Morgan fingerprint density at radius 1 is 1.61 bits per heavy atom. The molecule has 0 saturated heterocycles. The fourth-order valence-electron chi connectivity index (χ4n) is 2.48. The number of rotatable bonds is 3. The number of carbonyl (C=O) groups is 1. The average molecular weight is 252 g/mol. The maximum Gasteiger partial charge on any atom is 0.339 e. The van der Waals surface area contributed by atoms with E-state index in [1.807, 2.05) is 0 Å². The molecule has 0 aromatic carbocycles. The summed E-state index contributed by atoms with van der Waals surface area (Å²) in [5, 5.41) is 12.2. The lowest BCUT2D eigenvalue weighted by atomic mass is 9.87. The summed E-state index contributed by atoms with van der Waals surface area (Å²) in [6.07, 6.45) is 4.21. The molecule has 1 aliphatic rings. The smallest absolute Gasteiger partial charge is 0.339 e. The van der Waals surface area contributed by atoms with Gasteiger partial charge in [-0.25, -0.2) is 14.2 Å². The maximum atomic E-state index is 13.0. The van der Waals surface area contributed by atoms with Crippen molar-refractivity contribution in [1.82, 2.24) is 4.98 Å². The standard InChI is InChI=1S/C13H17FN2O2/c1-13(2)5-3-4-10(13)16-11-9(12(17)18)6-8(14)7-15-11/h6-7,10H,3-5H2,1-2H3,(H,15,16)(H,17,18). The van der Waals surface area contributed by atoms with Gasteiger partial charge in [0.1, 0.15) is 17.2 Å². The Balaban J connectivity index is 2.26. The molecule has 5 heteroatoms. The summed E-state index contributed by atoms with van der Waals surface area (Å²) < 4.78 is 13.0. The topological polar surface area (TPSA) is 62.2 Å². The van der Waals surface area contributed by atoms with E-state index in [0.29, 0.717) is 0 Å². The van der Waals surface area contributed by atoms with Crippen LogP contribution in [0.4, 0.5) is 10.2 Å². The van der Waals surface area contributed by atoms with Gasteiger partial charge in [0.25, 0.3) is 0 Å². The lowest BCUT2D eigenvalue weighted by Crippen LogP contribution is -2.32. The molecular weight excluding hydrogens is 235 g/mol. The van der Waals surface area contributed by atoms with Crippen molar-refractivity contribution in [1.29, 1.82) is 0 Å². The molecule has 0 aliphatic heterocycles. The van der Waals surface area contributed by atoms with E-state index in [1.165, 1.54) is 0 Å². The van der Waals surface area contributed by atoms with Gasteiger partial charge in [-0.05, 0) is 24.3 Å². The molecule has 1 aromatic rings. The molecule has 1 heterocycles. The number of hydrogen-bond donors (Lipinski definition) is 2. The molecule has 1 aliphatic carbocycles. The van der Waals surface area contributed by atoms with E-state index in [4.69, 9.17) is 5.11 Å². The van der Waals surface area contributed by atoms with E-state index in [2.05, 4.69) is 24.1 Å². The van der Waals surface area contributed by atoms with E-state index < -0.39 is 11.8 Å². The quantitative estimate of drug-likeness (QED) is 0.868. The van der Waals surface area contributed by atoms with E-state index in [9.17, 15) is 9.18 Å². The molecule has 0 spiro atoms. The molecule has 1 atom stereocenters. The number of anilines is 1. The highest BCUT2D eigenvalue weighted by Crippen LogP contribution is 2.39. The van der Waals surface area contributed by atoms with Crippen LogP contribution in [0.5, 0.6) is 0 Å². The molecule has 1 unspecified atom stereocenters. The molecule has 1 saturated carbocycles. The Kier molecular flexibility index (Phi) is 3.24. The Bertz CT molecular complexity index is 474. The third-order valence-electron chi connectivity index (χ3n) is 3.65. The number of aromatic carboxylic acids is 1. The summed E-state index contributed by atoms with van der Waals surface area (Å²) >= 11 is 0. The van der Waals surface area contributed by atoms with Crippen molar-refractivity contribution >= 4 is 11.8 Å². The fourth-order valence-corrected chi connectivity index (χ4v) is 2.48. The predicted octanol–water partition coefficient (Wildman–Crippen LogP) is 2.91. The molecule has 2 rings (SSSR count). The third kappa shape index (κ3) is 2.44. The number of halogens is 1. The van der Waals surface area contributed by atoms with Crippen molar-refractivity contribution in [2.75, 3.05) is 5.32 Å². The zero-order valence-electron chi connectivity index (χ0n) is 10.5. The number of nitrogens with one attached hydrogen (secondary N) is 1. The van der Waals surface area contributed by atoms with Crippen LogP contribution in [0.3, 0.4) is 0 Å². The van der Waals surface area contributed by atoms with Gasteiger partial charge < -0.3 is 10.4 Å². The lowest BCUT2D eigenvalue weighted by molar-refractivity contribution is 0.0697. The van der Waals surface area contributed by atoms with Crippen molar-refractivity contribution < 1.29 is 14.3 Å². The predicted molar refractivity (Wildman–Crippen MR) is 66.2 cm³/mol. The minimum Gasteiger partial charge on any atom is -0.478 e. The van der Waals surface area contributed by atoms with Crippen molar-refractivity contribution in [2.45, 2.75) is 39.2 Å². The van der Waals surface area contributed by atoms with Gasteiger partial charge in [-0.2, -0.15) is 0 Å². The molecule has 4 nitrogen and oxygen atoms in total. The average Bonchev–Trinajstić information content (AvgIpc) is 2.60. The molecule has 2 N–H and O–H groups in total. The van der Waals surface area contributed by atoms with Crippen LogP contribution < -0.4 is 5.32 Å². The highest BCUT2D eigenvalue weighted by atomic mass is 19.1. The van der Waals surface area contributed by atoms with Gasteiger partial charge >= 0.3 is 5.97 Å². The highest BCUT2D eigenvalue weighted by Gasteiger charge is 2.35. The molecule has 0 amide bonds. The van der Waals surface area contributed by atoms with Crippen LogP contribution in [0, 0.1) is 11.2 Å². The minimum atomic E-state index is -1.17. The fraction of sp³-hybridized carbons (Fsp3) is 0.538. The maximum absolute atomic E-state index is 13.0. The van der Waals surface area contributed by atoms with Crippen molar-refractivity contribution in [2.24, 2.45) is 5.41 Å². The number of hydrogen-bond acceptors (Lipinski definition) is 3. The first-order valence-corrected chi connectivity index (χ1v) is 6.05. The number of pyridine rings is 1. The third-order valence-corrected chi connectivity index (χ3v) is 3.65. The van der Waals surface area contributed by atoms with Gasteiger partial charge in [0.05, 0.1) is 6.20 Å². The van der Waals surface area contributed by atoms with E-state index in [1.54, 1.807) is 0 Å². The monoisotopic (exact) mass is 252 g/mol. The molecule has 1 fully saturated rings. The SMILES string of the molecule is CC1(C)CCCC1Nc1ncc(F)cc1C(=O)O. The lowest BCUT2D eigenvalue weighted by Gasteiger charge is -2.28. The second-order valence-corrected chi connectivity index (χ2v) is 5.43. The second-order valence-electron chi connectivity index (χ2n) is 5.43. The largest absolute Gasteiger partial charge is 0.478 e. The van der Waals surface area contributed by atoms with Crippen molar-refractivity contribution in [3.8, 4) is 0 Å². The molecule has 98 valence electrons. The Labute approximate surface area is 105 Å². The molecule has 18 heavy (non-hydrogen) atoms. The van der Waals surface area contributed by atoms with Crippen molar-refractivity contribution in [3.05, 3.63) is 23.6 Å². The number of carboxylic acid groups (broad SMARTS) is 1. The molecule has 0 bridgehead atoms. The van der Waals surface area contributed by atoms with Gasteiger partial charge in [-0.3, -0.25) is 0 Å². The highest BCUT2D eigenvalue weighted by molar-refractivity contribution is 5.93. The van der Waals surface area contributed by atoms with Crippen LogP contribution in [0.25, 0.3) is 0 Å². The molecule has 0 radical (unpaired) electrons. The summed E-state index contributed by atoms with van der Waals surface area (Å²) in [4.78, 5) is 14.9. The number of carboxylic acids is 1. The second kappa shape index (κ2) is 4.55. The Hall–Kier alpha value is -1.65. The zero-order valence-corrected chi connectivity index (χ0v) is 10.5. The van der Waals surface area contributed by atoms with Crippen LogP contribution in [-0.2, 0) is 0 Å². The van der Waals surface area contributed by atoms with Crippen LogP contribution >= 0.6 is 0 Å². The first-order chi connectivity index (χ1) is 8.40. The van der Waals surface area contributed by atoms with Gasteiger partial charge in [0, 0.05) is 6.04 Å². The van der Waals surface area contributed by atoms with Gasteiger partial charge in [0.2, 0.25) is 0 Å². The zero-order chi connectivity index (χ0) is 13.3. The summed E-state index contributed by atoms with van der Waals surface area (Å²) in [7, 11) is 0. The van der Waals surface area contributed by atoms with E-state index in [0.717, 1.165) is 31.5 Å². The van der Waals surface area contributed by atoms with E-state index in [-0.39, 0.29) is 22.8 Å². The van der Waals surface area contributed by atoms with Crippen molar-refractivity contribution in [3.63, 3.8) is 0 Å². The summed E-state index contributed by atoms with van der Waals surface area (Å²) in [5.41, 5.74) is -0.0102. The van der Waals surface area contributed by atoms with Crippen LogP contribution in [0.1, 0.15) is 43.5 Å². The summed E-state index contributed by atoms with van der Waals surface area (Å²) in [5.74, 6) is -1.55. The Morgan fingerprint density at radius 3 is 2.89 bits per heavy atom. The number of nitrogens with zero attached hydrogens (tertiary/aromatic N) is 1. The van der Waals surface area contributed by atoms with Crippen LogP contribution in [-0.4, -0.2) is 22.1 Å². The van der Waals surface area contributed by atoms with Crippen LogP contribution in [0.2, 0.25) is 0 Å². The number of aromatic nitrogens is 1. The summed E-state index contributed by atoms with van der Waals surface area (Å²) in [6.45, 7) is 4.28. The van der Waals surface area contributed by atoms with Gasteiger partial charge in [0.15, 0.2) is 0 Å². The minimum absolute atomic E-state index is 0.103. The first-order valence-electron chi connectivity index (χ1n) is 6.05. The van der Waals surface area contributed by atoms with E-state index >= 15 is 0 Å². The molecule has 1 aromatic heterocycles. The normalized spacial score (nSPS) is 21.8. The van der Waals surface area contributed by atoms with Gasteiger partial charge in [-0.15, -0.1) is 0 Å². The molecular formula is C13H17FN2O2. The Morgan fingerprint density at radius 2 is 2.33 bits per heavy atom. The van der Waals surface area contributed by atoms with Crippen LogP contribution in [0.15, 0.2) is 12.3 Å². The summed E-state index contributed by atoms with van der Waals surface area (Å²) in [6, 6.07) is 1.17.